The number of ether oxygens (including phenoxy) is 2. The highest BCUT2D eigenvalue weighted by atomic mass is 35.5. The average molecular weight is 573 g/mol. The Morgan fingerprint density at radius 3 is 2.38 bits per heavy atom. The van der Waals surface area contributed by atoms with Crippen LogP contribution in [0.15, 0.2) is 36.4 Å². The van der Waals surface area contributed by atoms with Gasteiger partial charge in [-0.2, -0.15) is 0 Å². The van der Waals surface area contributed by atoms with Gasteiger partial charge in [-0.3, -0.25) is 13.9 Å². The van der Waals surface area contributed by atoms with Gasteiger partial charge in [0.25, 0.3) is 0 Å². The molecule has 0 saturated heterocycles. The van der Waals surface area contributed by atoms with Crippen LogP contribution in [0.25, 0.3) is 0 Å². The first-order valence-corrected chi connectivity index (χ1v) is 14.5. The Labute approximate surface area is 227 Å². The van der Waals surface area contributed by atoms with Crippen molar-refractivity contribution in [1.82, 2.24) is 10.2 Å². The molecule has 2 amide bonds. The summed E-state index contributed by atoms with van der Waals surface area (Å²) in [6, 6.07) is 9.19. The zero-order chi connectivity index (χ0) is 27.2. The molecular weight excluding hydrogens is 541 g/mol. The minimum atomic E-state index is -3.64. The predicted molar refractivity (Wildman–Crippen MR) is 144 cm³/mol. The average Bonchev–Trinajstić information content (AvgIpc) is 3.30. The molecule has 12 heteroatoms. The van der Waals surface area contributed by atoms with Crippen LogP contribution < -0.4 is 19.1 Å². The number of nitrogens with zero attached hydrogens (tertiary/aromatic N) is 2. The van der Waals surface area contributed by atoms with Gasteiger partial charge in [-0.25, -0.2) is 8.42 Å². The van der Waals surface area contributed by atoms with E-state index in [1.54, 1.807) is 43.3 Å². The maximum atomic E-state index is 13.5. The minimum Gasteiger partial charge on any atom is -0.454 e. The lowest BCUT2D eigenvalue weighted by molar-refractivity contribution is -0.141. The number of hydrogen-bond acceptors (Lipinski definition) is 6. The van der Waals surface area contributed by atoms with E-state index >= 15 is 0 Å². The smallest absolute Gasteiger partial charge is 0.242 e. The van der Waals surface area contributed by atoms with Crippen molar-refractivity contribution in [3.8, 4) is 11.5 Å². The molecule has 0 bridgehead atoms. The number of anilines is 1. The molecule has 0 spiro atoms. The van der Waals surface area contributed by atoms with Crippen LogP contribution in [0.1, 0.15) is 38.7 Å². The van der Waals surface area contributed by atoms with Gasteiger partial charge in [-0.1, -0.05) is 36.2 Å². The summed E-state index contributed by atoms with van der Waals surface area (Å²) in [6.45, 7) is 4.22. The van der Waals surface area contributed by atoms with E-state index in [0.29, 0.717) is 45.8 Å². The molecule has 3 rings (SSSR count). The SMILES string of the molecule is CCNC(=O)[C@H](CC)N(Cc1c(Cl)cccc1Cl)C(=O)CCCN(c1ccc2c(c1)OCO2)S(C)(=O)=O. The quantitative estimate of drug-likeness (QED) is 0.409. The molecule has 1 heterocycles. The lowest BCUT2D eigenvalue weighted by Crippen LogP contribution is -2.49. The molecule has 0 saturated carbocycles. The van der Waals surface area contributed by atoms with E-state index in [1.165, 1.54) is 9.21 Å². The molecule has 1 aliphatic heterocycles. The predicted octanol–water partition coefficient (Wildman–Crippen LogP) is 4.21. The number of hydrogen-bond donors (Lipinski definition) is 1. The lowest BCUT2D eigenvalue weighted by Gasteiger charge is -2.31. The van der Waals surface area contributed by atoms with Gasteiger partial charge in [0.2, 0.25) is 28.6 Å². The Bertz CT molecular complexity index is 1220. The third-order valence-electron chi connectivity index (χ3n) is 5.92. The normalized spacial score (nSPS) is 13.2. The summed E-state index contributed by atoms with van der Waals surface area (Å²) in [5.74, 6) is 0.405. The van der Waals surface area contributed by atoms with Crippen molar-refractivity contribution in [1.29, 1.82) is 0 Å². The second-order valence-corrected chi connectivity index (χ2v) is 11.2. The number of nitrogens with one attached hydrogen (secondary N) is 1. The summed E-state index contributed by atoms with van der Waals surface area (Å²) >= 11 is 12.7. The summed E-state index contributed by atoms with van der Waals surface area (Å²) < 4.78 is 37.0. The standard InChI is InChI=1S/C25H31Cl2N3O6S/c1-4-21(25(32)28-5-2)29(15-18-19(26)8-6-9-20(18)27)24(31)10-7-13-30(37(3,33)34)17-11-12-22-23(14-17)36-16-35-22/h6,8-9,11-12,14,21H,4-5,7,10,13,15-16H2,1-3H3,(H,28,32)/t21-/m0/s1. The third kappa shape index (κ3) is 7.21. The summed E-state index contributed by atoms with van der Waals surface area (Å²) in [4.78, 5) is 27.7. The van der Waals surface area contributed by atoms with Gasteiger partial charge in [0, 0.05) is 47.7 Å². The van der Waals surface area contributed by atoms with Crippen LogP contribution in [0.2, 0.25) is 10.0 Å². The van der Waals surface area contributed by atoms with Crippen molar-refractivity contribution >= 4 is 50.7 Å². The van der Waals surface area contributed by atoms with E-state index in [1.807, 2.05) is 6.92 Å². The van der Waals surface area contributed by atoms with E-state index < -0.39 is 16.1 Å². The number of fused-ring (bicyclic) bond motifs is 1. The van der Waals surface area contributed by atoms with Crippen molar-refractivity contribution < 1.29 is 27.5 Å². The number of carbonyl (C=O) groups is 2. The Balaban J connectivity index is 1.79. The second-order valence-electron chi connectivity index (χ2n) is 8.52. The van der Waals surface area contributed by atoms with Gasteiger partial charge in [0.1, 0.15) is 6.04 Å². The molecule has 1 atom stereocenters. The Hall–Kier alpha value is -2.69. The highest BCUT2D eigenvalue weighted by molar-refractivity contribution is 7.92. The third-order valence-corrected chi connectivity index (χ3v) is 7.83. The highest BCUT2D eigenvalue weighted by Crippen LogP contribution is 2.36. The molecule has 0 aromatic heterocycles. The molecule has 2 aromatic rings. The van der Waals surface area contributed by atoms with Crippen molar-refractivity contribution in [2.24, 2.45) is 0 Å². The van der Waals surface area contributed by atoms with Gasteiger partial charge in [-0.05, 0) is 44.0 Å². The van der Waals surface area contributed by atoms with E-state index in [4.69, 9.17) is 32.7 Å². The Morgan fingerprint density at radius 1 is 1.08 bits per heavy atom. The summed E-state index contributed by atoms with van der Waals surface area (Å²) in [7, 11) is -3.64. The van der Waals surface area contributed by atoms with Gasteiger partial charge in [0.05, 0.1) is 11.9 Å². The Kier molecular flexibility index (Phi) is 9.92. The van der Waals surface area contributed by atoms with Gasteiger partial charge >= 0.3 is 0 Å². The monoisotopic (exact) mass is 571 g/mol. The van der Waals surface area contributed by atoms with Crippen LogP contribution >= 0.6 is 23.2 Å². The first-order valence-electron chi connectivity index (χ1n) is 11.9. The van der Waals surface area contributed by atoms with Crippen molar-refractivity contribution in [2.75, 3.05) is 30.4 Å². The minimum absolute atomic E-state index is 0.00848. The van der Waals surface area contributed by atoms with Gasteiger partial charge in [-0.15, -0.1) is 0 Å². The summed E-state index contributed by atoms with van der Waals surface area (Å²) in [5, 5.41) is 3.56. The van der Waals surface area contributed by atoms with Crippen LogP contribution in [-0.4, -0.2) is 57.3 Å². The number of likely N-dealkylation sites (N-methyl/N-ethyl adjacent to an activating group) is 1. The lowest BCUT2D eigenvalue weighted by atomic mass is 10.1. The maximum Gasteiger partial charge on any atom is 0.242 e. The molecule has 37 heavy (non-hydrogen) atoms. The molecule has 1 aliphatic rings. The van der Waals surface area contributed by atoms with Crippen LogP contribution in [0, 0.1) is 0 Å². The number of rotatable bonds is 12. The molecular formula is C25H31Cl2N3O6S. The number of sulfonamides is 1. The number of amides is 2. The number of benzene rings is 2. The van der Waals surface area contributed by atoms with E-state index in [-0.39, 0.29) is 44.5 Å². The molecule has 2 aromatic carbocycles. The summed E-state index contributed by atoms with van der Waals surface area (Å²) in [6.07, 6.45) is 1.72. The zero-order valence-corrected chi connectivity index (χ0v) is 23.3. The summed E-state index contributed by atoms with van der Waals surface area (Å²) in [5.41, 5.74) is 0.952. The van der Waals surface area contributed by atoms with Crippen LogP contribution in [0.4, 0.5) is 5.69 Å². The molecule has 9 nitrogen and oxygen atoms in total. The first-order chi connectivity index (χ1) is 17.6. The molecule has 0 fully saturated rings. The number of carbonyl (C=O) groups excluding carboxylic acids is 2. The van der Waals surface area contributed by atoms with E-state index in [0.717, 1.165) is 6.26 Å². The fraction of sp³-hybridized carbons (Fsp3) is 0.440. The highest BCUT2D eigenvalue weighted by Gasteiger charge is 2.30. The molecule has 1 N–H and O–H groups in total. The first kappa shape index (κ1) is 28.9. The Morgan fingerprint density at radius 2 is 1.76 bits per heavy atom. The fourth-order valence-electron chi connectivity index (χ4n) is 4.11. The topological polar surface area (TPSA) is 105 Å². The van der Waals surface area contributed by atoms with E-state index in [2.05, 4.69) is 5.32 Å². The van der Waals surface area contributed by atoms with Crippen LogP contribution in [-0.2, 0) is 26.2 Å². The van der Waals surface area contributed by atoms with Crippen molar-refractivity contribution in [3.63, 3.8) is 0 Å². The fourth-order valence-corrected chi connectivity index (χ4v) is 5.58. The van der Waals surface area contributed by atoms with Crippen molar-refractivity contribution in [3.05, 3.63) is 52.0 Å². The molecule has 0 unspecified atom stereocenters. The molecule has 0 aliphatic carbocycles. The van der Waals surface area contributed by atoms with Gasteiger partial charge < -0.3 is 19.7 Å². The number of halogens is 2. The molecule has 0 radical (unpaired) electrons. The van der Waals surface area contributed by atoms with Crippen molar-refractivity contribution in [2.45, 2.75) is 45.7 Å². The second kappa shape index (κ2) is 12.7. The zero-order valence-electron chi connectivity index (χ0n) is 21.0. The van der Waals surface area contributed by atoms with E-state index in [9.17, 15) is 18.0 Å². The van der Waals surface area contributed by atoms with Crippen LogP contribution in [0.5, 0.6) is 11.5 Å². The molecule has 202 valence electrons. The van der Waals surface area contributed by atoms with Gasteiger partial charge in [0.15, 0.2) is 11.5 Å². The van der Waals surface area contributed by atoms with Crippen LogP contribution in [0.3, 0.4) is 0 Å². The largest absolute Gasteiger partial charge is 0.454 e. The maximum absolute atomic E-state index is 13.5.